The second-order valence-electron chi connectivity index (χ2n) is 9.51. The van der Waals surface area contributed by atoms with Gasteiger partial charge in [0.25, 0.3) is 0 Å². The normalized spacial score (nSPS) is 17.4. The first-order valence-electron chi connectivity index (χ1n) is 13.1. The van der Waals surface area contributed by atoms with Crippen LogP contribution >= 0.6 is 0 Å². The third-order valence-electron chi connectivity index (χ3n) is 7.21. The number of aliphatic hydroxyl groups excluding tert-OH is 1. The van der Waals surface area contributed by atoms with Gasteiger partial charge in [-0.25, -0.2) is 4.98 Å². The highest BCUT2D eigenvalue weighted by atomic mass is 16.5. The summed E-state index contributed by atoms with van der Waals surface area (Å²) in [6, 6.07) is 31.7. The first kappa shape index (κ1) is 25.6. The van der Waals surface area contributed by atoms with Gasteiger partial charge < -0.3 is 14.4 Å². The molecule has 0 radical (unpaired) electrons. The Balaban J connectivity index is 1.61. The molecule has 0 aliphatic carbocycles. The van der Waals surface area contributed by atoms with Crippen molar-refractivity contribution in [2.75, 3.05) is 19.7 Å². The average Bonchev–Trinajstić information content (AvgIpc) is 3.39. The fourth-order valence-electron chi connectivity index (χ4n) is 5.50. The van der Waals surface area contributed by atoms with Crippen LogP contribution in [-0.4, -0.2) is 51.3 Å². The van der Waals surface area contributed by atoms with Gasteiger partial charge >= 0.3 is 5.97 Å². The predicted octanol–water partition coefficient (Wildman–Crippen LogP) is 4.89. The molecular weight excluding hydrogens is 474 g/mol. The highest BCUT2D eigenvalue weighted by molar-refractivity contribution is 5.69. The van der Waals surface area contributed by atoms with Gasteiger partial charge in [-0.3, -0.25) is 9.69 Å². The molecular formula is C32H33N3O3. The summed E-state index contributed by atoms with van der Waals surface area (Å²) in [7, 11) is 0. The van der Waals surface area contributed by atoms with Gasteiger partial charge in [-0.05, 0) is 41.7 Å². The van der Waals surface area contributed by atoms with Crippen molar-refractivity contribution in [3.8, 4) is 0 Å². The second kappa shape index (κ2) is 11.6. The molecule has 194 valence electrons. The largest absolute Gasteiger partial charge is 0.465 e. The average molecular weight is 508 g/mol. The van der Waals surface area contributed by atoms with E-state index in [1.807, 2.05) is 24.3 Å². The molecule has 0 amide bonds. The zero-order valence-electron chi connectivity index (χ0n) is 21.6. The standard InChI is InChI=1S/C32H33N3O3/c1-2-38-31(37)23-34-24-33-21-29(34)20-25-22-35(19-18-30(25)36)32(26-12-6-3-7-13-26,27-14-8-4-9-15-27)28-16-10-5-11-17-28/h3-17,20-21,24,30,36H,2,18-19,22-23H2,1H3. The summed E-state index contributed by atoms with van der Waals surface area (Å²) in [6.07, 6.45) is 5.31. The summed E-state index contributed by atoms with van der Waals surface area (Å²) in [4.78, 5) is 18.8. The lowest BCUT2D eigenvalue weighted by Gasteiger charge is -2.48. The Kier molecular flexibility index (Phi) is 7.82. The highest BCUT2D eigenvalue weighted by Crippen LogP contribution is 2.44. The van der Waals surface area contributed by atoms with E-state index < -0.39 is 11.6 Å². The summed E-state index contributed by atoms with van der Waals surface area (Å²) in [6.45, 7) is 3.46. The number of hydrogen-bond acceptors (Lipinski definition) is 5. The molecule has 2 heterocycles. The lowest BCUT2D eigenvalue weighted by atomic mass is 9.74. The monoisotopic (exact) mass is 507 g/mol. The van der Waals surface area contributed by atoms with Crippen LogP contribution in [0.25, 0.3) is 6.08 Å². The zero-order chi connectivity index (χ0) is 26.4. The fraction of sp³-hybridized carbons (Fsp3) is 0.250. The number of carbonyl (C=O) groups is 1. The van der Waals surface area contributed by atoms with Gasteiger partial charge in [0.15, 0.2) is 0 Å². The van der Waals surface area contributed by atoms with Crippen molar-refractivity contribution in [1.29, 1.82) is 0 Å². The van der Waals surface area contributed by atoms with E-state index in [2.05, 4.69) is 82.7 Å². The molecule has 1 aliphatic heterocycles. The Hall–Kier alpha value is -4.00. The van der Waals surface area contributed by atoms with Crippen LogP contribution < -0.4 is 0 Å². The van der Waals surface area contributed by atoms with Gasteiger partial charge in [-0.2, -0.15) is 0 Å². The maximum absolute atomic E-state index is 12.1. The molecule has 1 unspecified atom stereocenters. The maximum Gasteiger partial charge on any atom is 0.325 e. The fourth-order valence-corrected chi connectivity index (χ4v) is 5.50. The van der Waals surface area contributed by atoms with E-state index in [1.165, 1.54) is 16.7 Å². The van der Waals surface area contributed by atoms with Crippen LogP contribution in [0, 0.1) is 0 Å². The Bertz CT molecular complexity index is 1270. The number of aliphatic hydroxyl groups is 1. The summed E-state index contributed by atoms with van der Waals surface area (Å²) < 4.78 is 6.88. The molecule has 1 fully saturated rings. The van der Waals surface area contributed by atoms with Crippen LogP contribution in [0.3, 0.4) is 0 Å². The quantitative estimate of drug-likeness (QED) is 0.272. The lowest BCUT2D eigenvalue weighted by molar-refractivity contribution is -0.143. The van der Waals surface area contributed by atoms with Gasteiger partial charge in [0.05, 0.1) is 36.5 Å². The van der Waals surface area contributed by atoms with E-state index in [9.17, 15) is 9.90 Å². The van der Waals surface area contributed by atoms with E-state index in [0.717, 1.165) is 11.3 Å². The minimum atomic E-state index is -0.586. The van der Waals surface area contributed by atoms with E-state index >= 15 is 0 Å². The van der Waals surface area contributed by atoms with Crippen LogP contribution in [0.15, 0.2) is 109 Å². The summed E-state index contributed by atoms with van der Waals surface area (Å²) >= 11 is 0. The molecule has 3 aromatic carbocycles. The molecule has 6 heteroatoms. The molecule has 0 bridgehead atoms. The molecule has 0 spiro atoms. The number of ether oxygens (including phenoxy) is 1. The van der Waals surface area contributed by atoms with Crippen LogP contribution in [-0.2, 0) is 21.6 Å². The van der Waals surface area contributed by atoms with Crippen LogP contribution in [0.5, 0.6) is 0 Å². The van der Waals surface area contributed by atoms with Crippen LogP contribution in [0.4, 0.5) is 0 Å². The number of benzene rings is 3. The number of piperidine rings is 1. The molecule has 38 heavy (non-hydrogen) atoms. The lowest BCUT2D eigenvalue weighted by Crippen LogP contribution is -2.52. The first-order valence-corrected chi connectivity index (χ1v) is 13.1. The number of rotatable bonds is 8. The minimum Gasteiger partial charge on any atom is -0.465 e. The SMILES string of the molecule is CCOC(=O)Cn1cncc1C=C1CN(C(c2ccccc2)(c2ccccc2)c2ccccc2)CCC1O. The Morgan fingerprint density at radius 1 is 0.974 bits per heavy atom. The van der Waals surface area contributed by atoms with Crippen molar-refractivity contribution in [2.24, 2.45) is 0 Å². The number of likely N-dealkylation sites (tertiary alicyclic amines) is 1. The number of carbonyl (C=O) groups excluding carboxylic acids is 1. The number of nitrogens with zero attached hydrogens (tertiary/aromatic N) is 3. The number of imidazole rings is 1. The highest BCUT2D eigenvalue weighted by Gasteiger charge is 2.44. The van der Waals surface area contributed by atoms with E-state index in [-0.39, 0.29) is 12.5 Å². The molecule has 4 aromatic rings. The van der Waals surface area contributed by atoms with E-state index in [0.29, 0.717) is 26.1 Å². The zero-order valence-corrected chi connectivity index (χ0v) is 21.6. The maximum atomic E-state index is 12.1. The molecule has 1 aliphatic rings. The van der Waals surface area contributed by atoms with Crippen molar-refractivity contribution >= 4 is 12.0 Å². The molecule has 1 atom stereocenters. The molecule has 6 nitrogen and oxygen atoms in total. The van der Waals surface area contributed by atoms with Gasteiger partial charge in [0, 0.05) is 13.1 Å². The van der Waals surface area contributed by atoms with Gasteiger partial charge in [-0.1, -0.05) is 91.0 Å². The Labute approximate surface area is 223 Å². The van der Waals surface area contributed by atoms with Crippen molar-refractivity contribution in [3.63, 3.8) is 0 Å². The molecule has 1 N–H and O–H groups in total. The van der Waals surface area contributed by atoms with Gasteiger partial charge in [0.1, 0.15) is 6.54 Å². The van der Waals surface area contributed by atoms with Gasteiger partial charge in [-0.15, -0.1) is 0 Å². The topological polar surface area (TPSA) is 67.6 Å². The number of aromatic nitrogens is 2. The van der Waals surface area contributed by atoms with E-state index in [4.69, 9.17) is 4.74 Å². The minimum absolute atomic E-state index is 0.0781. The third kappa shape index (κ3) is 5.05. The van der Waals surface area contributed by atoms with Crippen LogP contribution in [0.2, 0.25) is 0 Å². The molecule has 0 saturated carbocycles. The van der Waals surface area contributed by atoms with E-state index in [1.54, 1.807) is 24.0 Å². The first-order chi connectivity index (χ1) is 18.6. The Morgan fingerprint density at radius 3 is 2.05 bits per heavy atom. The molecule has 1 saturated heterocycles. The predicted molar refractivity (Wildman–Crippen MR) is 148 cm³/mol. The summed E-state index contributed by atoms with van der Waals surface area (Å²) in [5, 5.41) is 11.1. The van der Waals surface area contributed by atoms with Gasteiger partial charge in [0.2, 0.25) is 0 Å². The number of hydrogen-bond donors (Lipinski definition) is 1. The molecule has 5 rings (SSSR count). The van der Waals surface area contributed by atoms with Crippen molar-refractivity contribution in [3.05, 3.63) is 131 Å². The second-order valence-corrected chi connectivity index (χ2v) is 9.51. The van der Waals surface area contributed by atoms with Crippen LogP contribution in [0.1, 0.15) is 35.7 Å². The summed E-state index contributed by atoms with van der Waals surface area (Å²) in [5.74, 6) is -0.313. The van der Waals surface area contributed by atoms with Crippen molar-refractivity contribution < 1.29 is 14.6 Å². The Morgan fingerprint density at radius 2 is 1.53 bits per heavy atom. The van der Waals surface area contributed by atoms with Crippen molar-refractivity contribution in [1.82, 2.24) is 14.5 Å². The smallest absolute Gasteiger partial charge is 0.325 e. The third-order valence-corrected chi connectivity index (χ3v) is 7.21. The summed E-state index contributed by atoms with van der Waals surface area (Å²) in [5.41, 5.74) is 4.59. The number of esters is 1. The van der Waals surface area contributed by atoms with Crippen molar-refractivity contribution in [2.45, 2.75) is 31.5 Å². The molecule has 1 aromatic heterocycles.